The average Bonchev–Trinajstić information content (AvgIpc) is 3.72. The van der Waals surface area contributed by atoms with Crippen LogP contribution in [-0.2, 0) is 41.7 Å². The Hall–Kier alpha value is -1.82. The van der Waals surface area contributed by atoms with E-state index in [2.05, 4.69) is 29.9 Å². The topological polar surface area (TPSA) is 271 Å². The second-order valence-electron chi connectivity index (χ2n) is 10.5. The summed E-state index contributed by atoms with van der Waals surface area (Å²) in [4.78, 5) is 69.0. The molecule has 4 aromatic rings. The molecule has 10 atom stereocenters. The van der Waals surface area contributed by atoms with E-state index in [1.54, 1.807) is 6.92 Å². The van der Waals surface area contributed by atoms with E-state index in [0.29, 0.717) is 5.82 Å². The van der Waals surface area contributed by atoms with Gasteiger partial charge in [0.15, 0.2) is 22.3 Å². The van der Waals surface area contributed by atoms with Crippen molar-refractivity contribution < 1.29 is 38.1 Å². The first-order chi connectivity index (χ1) is 21.7. The first-order valence-corrected chi connectivity index (χ1v) is 20.4. The number of hydrogen-bond acceptors (Lipinski definition) is 17. The number of nitrogen functional groups attached to an aromatic ring is 1. The number of aliphatic hydroxyl groups excluding tert-OH is 2. The number of aryl methyl sites for hydroxylation is 1. The number of fused-ring (bicyclic) bond motifs is 6. The third kappa shape index (κ3) is 5.89. The molecule has 3 fully saturated rings. The molecule has 0 saturated carbocycles. The number of aliphatic hydroxyl groups is 2. The molecule has 3 aliphatic heterocycles. The molecule has 248 valence electrons. The molecule has 7 heterocycles. The second kappa shape index (κ2) is 11.9. The van der Waals surface area contributed by atoms with Crippen LogP contribution in [0, 0.1) is 6.92 Å². The molecule has 4 bridgehead atoms. The van der Waals surface area contributed by atoms with E-state index in [-0.39, 0.29) is 41.5 Å². The van der Waals surface area contributed by atoms with Crippen molar-refractivity contribution in [1.29, 1.82) is 0 Å². The summed E-state index contributed by atoms with van der Waals surface area (Å²) in [7, 11) is 0. The van der Waals surface area contributed by atoms with Gasteiger partial charge in [-0.3, -0.25) is 32.8 Å². The van der Waals surface area contributed by atoms with Crippen molar-refractivity contribution in [2.75, 3.05) is 18.9 Å². The molecule has 4 aromatic heterocycles. The van der Waals surface area contributed by atoms with Crippen molar-refractivity contribution in [3.8, 4) is 0 Å². The fourth-order valence-electron chi connectivity index (χ4n) is 5.44. The molecule has 46 heavy (non-hydrogen) atoms. The minimum atomic E-state index is -4.11. The van der Waals surface area contributed by atoms with Crippen LogP contribution in [0.5, 0.6) is 0 Å². The van der Waals surface area contributed by atoms with Crippen LogP contribution < -0.4 is 16.9 Å². The van der Waals surface area contributed by atoms with Crippen LogP contribution in [0.4, 0.5) is 5.95 Å². The van der Waals surface area contributed by atoms with Gasteiger partial charge in [-0.1, -0.05) is 0 Å². The van der Waals surface area contributed by atoms with Crippen LogP contribution in [0.3, 0.4) is 0 Å². The summed E-state index contributed by atoms with van der Waals surface area (Å²) < 4.78 is 26.1. The van der Waals surface area contributed by atoms with Crippen molar-refractivity contribution in [2.24, 2.45) is 0 Å². The van der Waals surface area contributed by atoms with E-state index >= 15 is 0 Å². The quantitative estimate of drug-likeness (QED) is 0.125. The Kier molecular flexibility index (Phi) is 8.50. The van der Waals surface area contributed by atoms with Gasteiger partial charge < -0.3 is 39.8 Å². The smallest absolute Gasteiger partial charge is 0.325 e. The Labute approximate surface area is 275 Å². The second-order valence-corrected chi connectivity index (χ2v) is 18.8. The van der Waals surface area contributed by atoms with E-state index in [0.717, 1.165) is 23.5 Å². The SMILES string of the molecule is Cc1nc2c(ncn2[C@@H]2S[C@@H]3COP(O)(=S)O[C@@H]4[C@H](O)[C@@H](COP(O)(=S)O[C@@H]2[C@@H]3O)S[C@H]4n2cnc3c(=O)[nH]c(N)nc32)c(=O)[nH]1. The van der Waals surface area contributed by atoms with Crippen molar-refractivity contribution in [3.63, 3.8) is 0 Å². The van der Waals surface area contributed by atoms with Gasteiger partial charge in [0.2, 0.25) is 5.95 Å². The fourth-order valence-corrected chi connectivity index (χ4v) is 11.6. The highest BCUT2D eigenvalue weighted by atomic mass is 32.5. The lowest BCUT2D eigenvalue weighted by atomic mass is 10.1. The zero-order valence-electron chi connectivity index (χ0n) is 23.2. The van der Waals surface area contributed by atoms with Gasteiger partial charge in [0.05, 0.1) is 48.6 Å². The molecule has 19 nitrogen and oxygen atoms in total. The van der Waals surface area contributed by atoms with Crippen molar-refractivity contribution >= 4 is 88.9 Å². The molecular formula is C21H25N9O10P2S4. The molecule has 25 heteroatoms. The van der Waals surface area contributed by atoms with Gasteiger partial charge in [0.25, 0.3) is 11.1 Å². The number of nitrogens with one attached hydrogen (secondary N) is 2. The fraction of sp³-hybridized carbons (Fsp3) is 0.524. The number of nitrogens with two attached hydrogens (primary N) is 1. The summed E-state index contributed by atoms with van der Waals surface area (Å²) in [5.74, 6) is 0.157. The molecule has 2 unspecified atom stereocenters. The Bertz CT molecular complexity index is 1920. The molecule has 7 rings (SSSR count). The minimum Gasteiger partial charge on any atom is -0.389 e. The molecule has 0 aromatic carbocycles. The number of hydrogen-bond donors (Lipinski definition) is 7. The van der Waals surface area contributed by atoms with Gasteiger partial charge in [0, 0.05) is 0 Å². The molecule has 3 aliphatic rings. The lowest BCUT2D eigenvalue weighted by Crippen LogP contribution is -2.37. The largest absolute Gasteiger partial charge is 0.389 e. The Morgan fingerprint density at radius 3 is 1.83 bits per heavy atom. The number of nitrogens with zero attached hydrogens (tertiary/aromatic N) is 6. The summed E-state index contributed by atoms with van der Waals surface area (Å²) in [5, 5.41) is 19.3. The number of aromatic nitrogens is 8. The number of anilines is 1. The normalized spacial score (nSPS) is 37.2. The van der Waals surface area contributed by atoms with Crippen molar-refractivity contribution in [3.05, 3.63) is 39.2 Å². The van der Waals surface area contributed by atoms with Crippen LogP contribution in [0.2, 0.25) is 0 Å². The monoisotopic (exact) mass is 753 g/mol. The Morgan fingerprint density at radius 2 is 1.33 bits per heavy atom. The summed E-state index contributed by atoms with van der Waals surface area (Å²) in [6.45, 7) is -7.33. The predicted octanol–water partition coefficient (Wildman–Crippen LogP) is -0.656. The molecule has 0 aliphatic carbocycles. The van der Waals surface area contributed by atoms with E-state index in [1.807, 2.05) is 0 Å². The van der Waals surface area contributed by atoms with E-state index in [4.69, 9.17) is 47.4 Å². The molecule has 0 radical (unpaired) electrons. The predicted molar refractivity (Wildman–Crippen MR) is 173 cm³/mol. The van der Waals surface area contributed by atoms with Crippen LogP contribution in [0.15, 0.2) is 22.2 Å². The third-order valence-corrected chi connectivity index (χ3v) is 13.7. The van der Waals surface area contributed by atoms with Crippen LogP contribution in [0.25, 0.3) is 22.3 Å². The Balaban J connectivity index is 1.23. The van der Waals surface area contributed by atoms with Gasteiger partial charge in [0.1, 0.15) is 28.8 Å². The van der Waals surface area contributed by atoms with E-state index < -0.39 is 70.2 Å². The highest BCUT2D eigenvalue weighted by Crippen LogP contribution is 2.58. The van der Waals surface area contributed by atoms with Gasteiger partial charge in [-0.05, 0) is 30.5 Å². The Morgan fingerprint density at radius 1 is 0.870 bits per heavy atom. The summed E-state index contributed by atoms with van der Waals surface area (Å²) >= 11 is 12.9. The van der Waals surface area contributed by atoms with Crippen molar-refractivity contribution in [2.45, 2.75) is 52.6 Å². The summed E-state index contributed by atoms with van der Waals surface area (Å²) in [5.41, 5.74) is 5.02. The highest BCUT2D eigenvalue weighted by molar-refractivity contribution is 8.07. The van der Waals surface area contributed by atoms with Crippen molar-refractivity contribution in [1.82, 2.24) is 39.0 Å². The molecule has 8 N–H and O–H groups in total. The third-order valence-electron chi connectivity index (χ3n) is 7.49. The number of aromatic amines is 2. The maximum absolute atomic E-state index is 12.5. The molecule has 0 amide bonds. The minimum absolute atomic E-state index is 0.0233. The molecule has 3 saturated heterocycles. The zero-order valence-corrected chi connectivity index (χ0v) is 28.3. The van der Waals surface area contributed by atoms with Gasteiger partial charge >= 0.3 is 13.4 Å². The van der Waals surface area contributed by atoms with Crippen LogP contribution in [-0.4, -0.2) is 107 Å². The highest BCUT2D eigenvalue weighted by Gasteiger charge is 2.52. The molecular weight excluding hydrogens is 728 g/mol. The number of imidazole rings is 2. The summed E-state index contributed by atoms with van der Waals surface area (Å²) in [6.07, 6.45) is -2.52. The first kappa shape index (κ1) is 32.7. The molecule has 0 spiro atoms. The average molecular weight is 754 g/mol. The van der Waals surface area contributed by atoms with E-state index in [1.165, 1.54) is 21.8 Å². The van der Waals surface area contributed by atoms with E-state index in [9.17, 15) is 29.6 Å². The number of H-pyrrole nitrogens is 2. The van der Waals surface area contributed by atoms with Gasteiger partial charge in [-0.15, -0.1) is 23.5 Å². The lowest BCUT2D eigenvalue weighted by Gasteiger charge is -2.29. The number of rotatable bonds is 2. The maximum Gasteiger partial charge on any atom is 0.325 e. The zero-order chi connectivity index (χ0) is 32.7. The standard InChI is InChI=1S/C21H25N9O10P2S4/c1-6-25-15-9(17(33)26-6)23-4-29(15)19-13-11(31)7(45-19)2-37-42(36,44)40-14-12(32)8(3-38-41(35,43)39-13)46-20(14)30-5-24-10-16(30)27-21(22)28-18(10)34/h4-5,7-8,11-14,19-20,31-32H,2-3H2,1H3,(H,35,43)(H,36,44)(H,25,26,33)(H3,22,27,28,34)/t7-,8-,11-,12-,13-,14-,19-,20-,41?,42?/m1/s1. The summed E-state index contributed by atoms with van der Waals surface area (Å²) in [6, 6.07) is 0. The maximum atomic E-state index is 12.5. The van der Waals surface area contributed by atoms with Gasteiger partial charge in [-0.25, -0.2) is 15.0 Å². The van der Waals surface area contributed by atoms with Gasteiger partial charge in [-0.2, -0.15) is 4.98 Å². The lowest BCUT2D eigenvalue weighted by molar-refractivity contribution is -0.00463. The first-order valence-electron chi connectivity index (χ1n) is 13.4. The van der Waals surface area contributed by atoms with Crippen LogP contribution in [0.1, 0.15) is 16.6 Å². The van der Waals surface area contributed by atoms with Crippen LogP contribution >= 0.6 is 37.0 Å². The number of thioether (sulfide) groups is 2.